The molecule has 3 saturated heterocycles. The highest BCUT2D eigenvalue weighted by Gasteiger charge is 2.51. The molecule has 3 aliphatic heterocycles. The standard InChI is InChI=1S/C13H22N4O2/c1-12(7-15-12)11(19)17-5-3-13(9-17)2-4-16(8-13)6-10(14)18/h15H,2-9H2,1H3,(H2,14,18)/t12-,13+/m1/s1. The summed E-state index contributed by atoms with van der Waals surface area (Å²) in [5, 5.41) is 3.14. The Balaban J connectivity index is 1.60. The van der Waals surface area contributed by atoms with Crippen molar-refractivity contribution >= 4 is 11.8 Å². The van der Waals surface area contributed by atoms with Crippen molar-refractivity contribution in [3.05, 3.63) is 0 Å². The minimum atomic E-state index is -0.308. The largest absolute Gasteiger partial charge is 0.369 e. The lowest BCUT2D eigenvalue weighted by atomic mass is 9.86. The van der Waals surface area contributed by atoms with Crippen molar-refractivity contribution in [1.82, 2.24) is 15.1 Å². The van der Waals surface area contributed by atoms with E-state index in [0.717, 1.165) is 45.6 Å². The van der Waals surface area contributed by atoms with Gasteiger partial charge in [-0.15, -0.1) is 0 Å². The summed E-state index contributed by atoms with van der Waals surface area (Å²) < 4.78 is 0. The fourth-order valence-electron chi connectivity index (χ4n) is 3.46. The van der Waals surface area contributed by atoms with Gasteiger partial charge in [0.15, 0.2) is 0 Å². The molecule has 0 saturated carbocycles. The molecule has 3 heterocycles. The Labute approximate surface area is 113 Å². The molecule has 0 aliphatic carbocycles. The van der Waals surface area contributed by atoms with Crippen LogP contribution in [0.2, 0.25) is 0 Å². The van der Waals surface area contributed by atoms with E-state index in [-0.39, 0.29) is 22.8 Å². The van der Waals surface area contributed by atoms with Gasteiger partial charge in [-0.05, 0) is 26.3 Å². The molecule has 0 radical (unpaired) electrons. The van der Waals surface area contributed by atoms with Crippen LogP contribution in [0.3, 0.4) is 0 Å². The van der Waals surface area contributed by atoms with Gasteiger partial charge in [0.05, 0.1) is 6.54 Å². The van der Waals surface area contributed by atoms with E-state index in [2.05, 4.69) is 10.2 Å². The van der Waals surface area contributed by atoms with Crippen molar-refractivity contribution in [3.8, 4) is 0 Å². The first-order chi connectivity index (χ1) is 8.92. The molecule has 0 unspecified atom stereocenters. The van der Waals surface area contributed by atoms with Gasteiger partial charge in [-0.1, -0.05) is 0 Å². The van der Waals surface area contributed by atoms with Crippen molar-refractivity contribution in [2.24, 2.45) is 11.1 Å². The monoisotopic (exact) mass is 266 g/mol. The topological polar surface area (TPSA) is 88.6 Å². The number of carbonyl (C=O) groups is 2. The van der Waals surface area contributed by atoms with Crippen molar-refractivity contribution < 1.29 is 9.59 Å². The van der Waals surface area contributed by atoms with E-state index in [1.54, 1.807) is 0 Å². The zero-order chi connectivity index (χ0) is 13.7. The molecule has 0 aromatic heterocycles. The summed E-state index contributed by atoms with van der Waals surface area (Å²) in [5.74, 6) is -0.0320. The molecule has 3 rings (SSSR count). The summed E-state index contributed by atoms with van der Waals surface area (Å²) in [7, 11) is 0. The Morgan fingerprint density at radius 3 is 2.58 bits per heavy atom. The van der Waals surface area contributed by atoms with Gasteiger partial charge in [0, 0.05) is 31.6 Å². The van der Waals surface area contributed by atoms with Gasteiger partial charge in [0.25, 0.3) is 0 Å². The highest BCUT2D eigenvalue weighted by atomic mass is 16.2. The van der Waals surface area contributed by atoms with Crippen LogP contribution in [0, 0.1) is 5.41 Å². The van der Waals surface area contributed by atoms with Gasteiger partial charge in [0.2, 0.25) is 11.8 Å². The fraction of sp³-hybridized carbons (Fsp3) is 0.846. The summed E-state index contributed by atoms with van der Waals surface area (Å²) in [4.78, 5) is 27.4. The third-order valence-electron chi connectivity index (χ3n) is 4.80. The second-order valence-corrected chi connectivity index (χ2v) is 6.59. The summed E-state index contributed by atoms with van der Waals surface area (Å²) in [6, 6.07) is 0. The minimum absolute atomic E-state index is 0.191. The lowest BCUT2D eigenvalue weighted by Crippen LogP contribution is -2.42. The van der Waals surface area contributed by atoms with Crippen molar-refractivity contribution in [2.75, 3.05) is 39.3 Å². The maximum absolute atomic E-state index is 12.3. The van der Waals surface area contributed by atoms with Gasteiger partial charge in [-0.2, -0.15) is 0 Å². The highest BCUT2D eigenvalue weighted by molar-refractivity contribution is 5.89. The van der Waals surface area contributed by atoms with E-state index in [1.165, 1.54) is 0 Å². The second kappa shape index (κ2) is 4.18. The molecule has 106 valence electrons. The van der Waals surface area contributed by atoms with Crippen LogP contribution < -0.4 is 11.1 Å². The average molecular weight is 266 g/mol. The Bertz CT molecular complexity index is 421. The first-order valence-electron chi connectivity index (χ1n) is 6.98. The van der Waals surface area contributed by atoms with Crippen LogP contribution in [-0.4, -0.2) is 66.4 Å². The molecule has 0 aromatic rings. The van der Waals surface area contributed by atoms with Crippen LogP contribution in [0.4, 0.5) is 0 Å². The first-order valence-corrected chi connectivity index (χ1v) is 6.98. The molecule has 19 heavy (non-hydrogen) atoms. The molecule has 6 nitrogen and oxygen atoms in total. The molecule has 2 amide bonds. The van der Waals surface area contributed by atoms with Gasteiger partial charge < -0.3 is 16.0 Å². The molecule has 6 heteroatoms. The lowest BCUT2D eigenvalue weighted by Gasteiger charge is -2.25. The Kier molecular flexibility index (Phi) is 2.83. The number of nitrogens with one attached hydrogen (secondary N) is 1. The fourth-order valence-corrected chi connectivity index (χ4v) is 3.46. The molecule has 2 atom stereocenters. The van der Waals surface area contributed by atoms with Crippen molar-refractivity contribution in [3.63, 3.8) is 0 Å². The SMILES string of the molecule is C[C@]1(C(=O)N2CC[C@]3(CCN(CC(N)=O)C3)C2)CN1. The zero-order valence-corrected chi connectivity index (χ0v) is 11.4. The predicted octanol–water partition coefficient (Wildman–Crippen LogP) is -1.24. The molecule has 0 bridgehead atoms. The van der Waals surface area contributed by atoms with E-state index in [1.807, 2.05) is 11.8 Å². The number of carbonyl (C=O) groups excluding carboxylic acids is 2. The maximum Gasteiger partial charge on any atom is 0.243 e. The third kappa shape index (κ3) is 2.34. The number of rotatable bonds is 3. The highest BCUT2D eigenvalue weighted by Crippen LogP contribution is 2.40. The van der Waals surface area contributed by atoms with Crippen LogP contribution in [-0.2, 0) is 9.59 Å². The van der Waals surface area contributed by atoms with Crippen LogP contribution >= 0.6 is 0 Å². The lowest BCUT2D eigenvalue weighted by molar-refractivity contribution is -0.132. The number of likely N-dealkylation sites (tertiary alicyclic amines) is 2. The third-order valence-corrected chi connectivity index (χ3v) is 4.80. The zero-order valence-electron chi connectivity index (χ0n) is 11.4. The number of hydrogen-bond donors (Lipinski definition) is 2. The Hall–Kier alpha value is -1.14. The predicted molar refractivity (Wildman–Crippen MR) is 70.3 cm³/mol. The maximum atomic E-state index is 12.3. The normalized spacial score (nSPS) is 38.1. The minimum Gasteiger partial charge on any atom is -0.369 e. The summed E-state index contributed by atoms with van der Waals surface area (Å²) >= 11 is 0. The van der Waals surface area contributed by atoms with E-state index >= 15 is 0 Å². The van der Waals surface area contributed by atoms with Crippen LogP contribution in [0.1, 0.15) is 19.8 Å². The first kappa shape index (κ1) is 12.9. The molecule has 3 N–H and O–H groups in total. The van der Waals surface area contributed by atoms with Crippen LogP contribution in [0.5, 0.6) is 0 Å². The molecular weight excluding hydrogens is 244 g/mol. The quantitative estimate of drug-likeness (QED) is 0.625. The molecular formula is C13H22N4O2. The van der Waals surface area contributed by atoms with Gasteiger partial charge in [0.1, 0.15) is 5.54 Å². The van der Waals surface area contributed by atoms with E-state index in [9.17, 15) is 9.59 Å². The van der Waals surface area contributed by atoms with Gasteiger partial charge in [-0.25, -0.2) is 0 Å². The number of nitrogens with two attached hydrogens (primary N) is 1. The second-order valence-electron chi connectivity index (χ2n) is 6.59. The van der Waals surface area contributed by atoms with E-state index < -0.39 is 0 Å². The van der Waals surface area contributed by atoms with Crippen molar-refractivity contribution in [1.29, 1.82) is 0 Å². The summed E-state index contributed by atoms with van der Waals surface area (Å²) in [6.07, 6.45) is 2.11. The number of nitrogens with zero attached hydrogens (tertiary/aromatic N) is 2. The number of primary amides is 1. The average Bonchev–Trinajstić information content (AvgIpc) is 2.82. The molecule has 1 spiro atoms. The summed E-state index contributed by atoms with van der Waals surface area (Å²) in [5.41, 5.74) is 5.13. The van der Waals surface area contributed by atoms with E-state index in [4.69, 9.17) is 5.73 Å². The molecule has 3 aliphatic rings. The van der Waals surface area contributed by atoms with Crippen molar-refractivity contribution in [2.45, 2.75) is 25.3 Å². The molecule has 3 fully saturated rings. The van der Waals surface area contributed by atoms with Gasteiger partial charge in [-0.3, -0.25) is 14.5 Å². The Morgan fingerprint density at radius 1 is 1.26 bits per heavy atom. The van der Waals surface area contributed by atoms with Crippen LogP contribution in [0.15, 0.2) is 0 Å². The number of amides is 2. The van der Waals surface area contributed by atoms with Gasteiger partial charge >= 0.3 is 0 Å². The number of hydrogen-bond acceptors (Lipinski definition) is 4. The Morgan fingerprint density at radius 2 is 1.95 bits per heavy atom. The summed E-state index contributed by atoms with van der Waals surface area (Å²) in [6.45, 7) is 6.59. The van der Waals surface area contributed by atoms with Crippen LogP contribution in [0.25, 0.3) is 0 Å². The molecule has 0 aromatic carbocycles. The smallest absolute Gasteiger partial charge is 0.243 e. The van der Waals surface area contributed by atoms with E-state index in [0.29, 0.717) is 6.54 Å².